The number of benzene rings is 2. The van der Waals surface area contributed by atoms with Crippen LogP contribution in [0.15, 0.2) is 48.5 Å². The highest BCUT2D eigenvalue weighted by molar-refractivity contribution is 5.33. The van der Waals surface area contributed by atoms with Gasteiger partial charge in [-0.1, -0.05) is 36.4 Å². The van der Waals surface area contributed by atoms with Gasteiger partial charge in [0.15, 0.2) is 0 Å². The van der Waals surface area contributed by atoms with E-state index in [1.807, 2.05) is 18.2 Å². The number of aromatic hydroxyl groups is 1. The van der Waals surface area contributed by atoms with Gasteiger partial charge >= 0.3 is 0 Å². The van der Waals surface area contributed by atoms with E-state index >= 15 is 0 Å². The summed E-state index contributed by atoms with van der Waals surface area (Å²) in [7, 11) is 0. The minimum atomic E-state index is 0.0637. The standard InChI is InChI=1S/C17H19NO2/c19-12-17-16-4-2-1-3-14(16)9-10-18(17)11-13-5-7-15(20)8-6-13/h1-8,17,19-20H,9-12H2. The Labute approximate surface area is 119 Å². The van der Waals surface area contributed by atoms with Crippen LogP contribution in [0.25, 0.3) is 0 Å². The van der Waals surface area contributed by atoms with Gasteiger partial charge in [-0.3, -0.25) is 4.90 Å². The van der Waals surface area contributed by atoms with E-state index in [0.29, 0.717) is 0 Å². The largest absolute Gasteiger partial charge is 0.508 e. The Morgan fingerprint density at radius 2 is 1.80 bits per heavy atom. The Bertz CT molecular complexity index is 580. The predicted molar refractivity (Wildman–Crippen MR) is 78.5 cm³/mol. The lowest BCUT2D eigenvalue weighted by Gasteiger charge is -2.36. The van der Waals surface area contributed by atoms with Gasteiger partial charge in [0.1, 0.15) is 5.75 Å². The zero-order valence-electron chi connectivity index (χ0n) is 11.4. The summed E-state index contributed by atoms with van der Waals surface area (Å²) in [4.78, 5) is 2.30. The Morgan fingerprint density at radius 3 is 2.55 bits per heavy atom. The highest BCUT2D eigenvalue weighted by Gasteiger charge is 2.26. The third-order valence-electron chi connectivity index (χ3n) is 4.02. The van der Waals surface area contributed by atoms with Crippen LogP contribution in [-0.2, 0) is 13.0 Å². The van der Waals surface area contributed by atoms with Gasteiger partial charge in [-0.05, 0) is 35.2 Å². The van der Waals surface area contributed by atoms with Crippen molar-refractivity contribution in [2.75, 3.05) is 13.2 Å². The molecule has 0 amide bonds. The molecule has 1 aliphatic heterocycles. The fourth-order valence-corrected chi connectivity index (χ4v) is 2.94. The van der Waals surface area contributed by atoms with Gasteiger partial charge in [0.25, 0.3) is 0 Å². The van der Waals surface area contributed by atoms with Gasteiger partial charge < -0.3 is 10.2 Å². The van der Waals surface area contributed by atoms with Crippen molar-refractivity contribution >= 4 is 0 Å². The minimum absolute atomic E-state index is 0.0637. The highest BCUT2D eigenvalue weighted by Crippen LogP contribution is 2.30. The van der Waals surface area contributed by atoms with Crippen LogP contribution in [0.3, 0.4) is 0 Å². The smallest absolute Gasteiger partial charge is 0.115 e. The summed E-state index contributed by atoms with van der Waals surface area (Å²) >= 11 is 0. The number of nitrogens with zero attached hydrogens (tertiary/aromatic N) is 1. The van der Waals surface area contributed by atoms with Crippen molar-refractivity contribution in [3.63, 3.8) is 0 Å². The third kappa shape index (κ3) is 2.55. The molecule has 0 bridgehead atoms. The van der Waals surface area contributed by atoms with E-state index < -0.39 is 0 Å². The van der Waals surface area contributed by atoms with Crippen LogP contribution in [0.1, 0.15) is 22.7 Å². The molecule has 1 aliphatic rings. The summed E-state index contributed by atoms with van der Waals surface area (Å²) in [6.45, 7) is 1.87. The maximum absolute atomic E-state index is 9.75. The number of fused-ring (bicyclic) bond motifs is 1. The number of rotatable bonds is 3. The Kier molecular flexibility index (Phi) is 3.72. The molecule has 2 aromatic rings. The molecule has 0 saturated heterocycles. The fourth-order valence-electron chi connectivity index (χ4n) is 2.94. The summed E-state index contributed by atoms with van der Waals surface area (Å²) in [5.74, 6) is 0.288. The molecule has 0 saturated carbocycles. The molecule has 0 aliphatic carbocycles. The van der Waals surface area contributed by atoms with E-state index in [9.17, 15) is 10.2 Å². The average Bonchev–Trinajstić information content (AvgIpc) is 2.49. The molecule has 2 aromatic carbocycles. The van der Waals surface area contributed by atoms with Crippen LogP contribution >= 0.6 is 0 Å². The van der Waals surface area contributed by atoms with Crippen LogP contribution in [0.4, 0.5) is 0 Å². The van der Waals surface area contributed by atoms with Crippen molar-refractivity contribution in [2.24, 2.45) is 0 Å². The average molecular weight is 269 g/mol. The molecular weight excluding hydrogens is 250 g/mol. The van der Waals surface area contributed by atoms with Gasteiger partial charge in [0.05, 0.1) is 12.6 Å². The number of hydrogen-bond acceptors (Lipinski definition) is 3. The Hall–Kier alpha value is -1.84. The lowest BCUT2D eigenvalue weighted by Crippen LogP contribution is -2.36. The molecule has 0 fully saturated rings. The third-order valence-corrected chi connectivity index (χ3v) is 4.02. The highest BCUT2D eigenvalue weighted by atomic mass is 16.3. The van der Waals surface area contributed by atoms with Crippen molar-refractivity contribution in [1.82, 2.24) is 4.90 Å². The molecule has 3 heteroatoms. The molecule has 104 valence electrons. The normalized spacial score (nSPS) is 18.8. The summed E-state index contributed by atoms with van der Waals surface area (Å²) in [5.41, 5.74) is 3.73. The maximum Gasteiger partial charge on any atom is 0.115 e. The van der Waals surface area contributed by atoms with Crippen LogP contribution in [0, 0.1) is 0 Å². The molecule has 1 unspecified atom stereocenters. The summed E-state index contributed by atoms with van der Waals surface area (Å²) in [6.07, 6.45) is 1.02. The molecule has 3 rings (SSSR count). The van der Waals surface area contributed by atoms with E-state index in [-0.39, 0.29) is 18.4 Å². The molecule has 0 aromatic heterocycles. The minimum Gasteiger partial charge on any atom is -0.508 e. The number of aliphatic hydroxyl groups excluding tert-OH is 1. The lowest BCUT2D eigenvalue weighted by atomic mass is 9.92. The van der Waals surface area contributed by atoms with Crippen molar-refractivity contribution in [3.8, 4) is 5.75 Å². The molecular formula is C17H19NO2. The van der Waals surface area contributed by atoms with Crippen LogP contribution in [0.5, 0.6) is 5.75 Å². The van der Waals surface area contributed by atoms with Gasteiger partial charge in [-0.25, -0.2) is 0 Å². The van der Waals surface area contributed by atoms with Gasteiger partial charge in [-0.15, -0.1) is 0 Å². The first kappa shape index (κ1) is 13.2. The van der Waals surface area contributed by atoms with E-state index in [1.165, 1.54) is 11.1 Å². The quantitative estimate of drug-likeness (QED) is 0.899. The van der Waals surface area contributed by atoms with Gasteiger partial charge in [0.2, 0.25) is 0 Å². The van der Waals surface area contributed by atoms with E-state index in [4.69, 9.17) is 0 Å². The molecule has 0 spiro atoms. The summed E-state index contributed by atoms with van der Waals surface area (Å²) < 4.78 is 0. The zero-order valence-corrected chi connectivity index (χ0v) is 11.4. The van der Waals surface area contributed by atoms with Crippen molar-refractivity contribution < 1.29 is 10.2 Å². The topological polar surface area (TPSA) is 43.7 Å². The van der Waals surface area contributed by atoms with E-state index in [1.54, 1.807) is 12.1 Å². The predicted octanol–water partition coefficient (Wildman–Crippen LogP) is 2.48. The first-order chi connectivity index (χ1) is 9.78. The first-order valence-electron chi connectivity index (χ1n) is 6.98. The SMILES string of the molecule is OCC1c2ccccc2CCN1Cc1ccc(O)cc1. The van der Waals surface area contributed by atoms with Crippen LogP contribution in [-0.4, -0.2) is 28.3 Å². The van der Waals surface area contributed by atoms with E-state index in [2.05, 4.69) is 23.1 Å². The molecule has 20 heavy (non-hydrogen) atoms. The molecule has 2 N–H and O–H groups in total. The molecule has 1 heterocycles. The van der Waals surface area contributed by atoms with E-state index in [0.717, 1.165) is 25.1 Å². The molecule has 1 atom stereocenters. The molecule has 3 nitrogen and oxygen atoms in total. The van der Waals surface area contributed by atoms with Gasteiger partial charge in [0, 0.05) is 13.1 Å². The number of hydrogen-bond donors (Lipinski definition) is 2. The number of aliphatic hydroxyl groups is 1. The fraction of sp³-hybridized carbons (Fsp3) is 0.294. The van der Waals surface area contributed by atoms with Crippen molar-refractivity contribution in [1.29, 1.82) is 0 Å². The van der Waals surface area contributed by atoms with Crippen molar-refractivity contribution in [3.05, 3.63) is 65.2 Å². The second kappa shape index (κ2) is 5.65. The summed E-state index contributed by atoms with van der Waals surface area (Å²) in [6, 6.07) is 15.7. The second-order valence-electron chi connectivity index (χ2n) is 5.28. The molecule has 0 radical (unpaired) electrons. The number of phenolic OH excluding ortho intramolecular Hbond substituents is 1. The monoisotopic (exact) mass is 269 g/mol. The van der Waals surface area contributed by atoms with Crippen molar-refractivity contribution in [2.45, 2.75) is 19.0 Å². The first-order valence-corrected chi connectivity index (χ1v) is 6.98. The van der Waals surface area contributed by atoms with Crippen LogP contribution in [0.2, 0.25) is 0 Å². The second-order valence-corrected chi connectivity index (χ2v) is 5.28. The summed E-state index contributed by atoms with van der Waals surface area (Å²) in [5, 5.41) is 19.1. The zero-order chi connectivity index (χ0) is 13.9. The Balaban J connectivity index is 1.82. The Morgan fingerprint density at radius 1 is 1.05 bits per heavy atom. The maximum atomic E-state index is 9.75. The number of phenols is 1. The van der Waals surface area contributed by atoms with Gasteiger partial charge in [-0.2, -0.15) is 0 Å². The van der Waals surface area contributed by atoms with Crippen LogP contribution < -0.4 is 0 Å². The lowest BCUT2D eigenvalue weighted by molar-refractivity contribution is 0.108.